The summed E-state index contributed by atoms with van der Waals surface area (Å²) < 4.78 is 14.5. The molecule has 0 aliphatic carbocycles. The van der Waals surface area contributed by atoms with Gasteiger partial charge in [0.2, 0.25) is 0 Å². The molecule has 0 aliphatic rings. The zero-order chi connectivity index (χ0) is 22.7. The number of esters is 3. The van der Waals surface area contributed by atoms with Gasteiger partial charge in [-0.2, -0.15) is 0 Å². The number of carbonyl (C=O) groups excluding carboxylic acids is 3. The van der Waals surface area contributed by atoms with Crippen molar-refractivity contribution in [3.05, 3.63) is 71.9 Å². The molecule has 6 nitrogen and oxygen atoms in total. The highest BCUT2D eigenvalue weighted by Gasteiger charge is 2.22. The second-order valence-electron chi connectivity index (χ2n) is 4.97. The molecule has 1 aromatic carbocycles. The summed E-state index contributed by atoms with van der Waals surface area (Å²) in [5.74, 6) is -2.77. The van der Waals surface area contributed by atoms with Gasteiger partial charge in [-0.3, -0.25) is 0 Å². The topological polar surface area (TPSA) is 78.9 Å². The van der Waals surface area contributed by atoms with E-state index < -0.39 is 32.4 Å². The van der Waals surface area contributed by atoms with Crippen LogP contribution in [0, 0.1) is 0 Å². The third-order valence-corrected chi connectivity index (χ3v) is 3.77. The SMILES string of the molecule is O=C(OC=CC(Cl)Cl)c1ccc(C(=O)OC=CC(Cl)Cl)c(C(=O)OC=CC(Cl)Cl)c1. The standard InChI is InChI=1S/C18H12Cl6O6/c19-13(20)3-6-28-16(25)10-1-2-11(17(26)29-7-4-14(21)22)12(9-10)18(27)30-8-5-15(23)24/h1-9,13-15H. The van der Waals surface area contributed by atoms with Crippen molar-refractivity contribution in [1.82, 2.24) is 0 Å². The minimum atomic E-state index is -0.990. The molecule has 0 aliphatic heterocycles. The Bertz CT molecular complexity index is 848. The van der Waals surface area contributed by atoms with E-state index in [1.807, 2.05) is 0 Å². The number of alkyl halides is 6. The number of ether oxygens (including phenoxy) is 3. The van der Waals surface area contributed by atoms with Crippen LogP contribution in [0.3, 0.4) is 0 Å². The van der Waals surface area contributed by atoms with Crippen LogP contribution in [0.5, 0.6) is 0 Å². The molecule has 12 heteroatoms. The van der Waals surface area contributed by atoms with Gasteiger partial charge in [0.05, 0.1) is 35.5 Å². The van der Waals surface area contributed by atoms with Crippen LogP contribution in [0.2, 0.25) is 0 Å². The summed E-state index contributed by atoms with van der Waals surface area (Å²) in [6.45, 7) is 0. The lowest BCUT2D eigenvalue weighted by atomic mass is 10.0. The summed E-state index contributed by atoms with van der Waals surface area (Å²) in [5.41, 5.74) is -0.573. The Kier molecular flexibility index (Phi) is 12.3. The number of hydrogen-bond donors (Lipinski definition) is 0. The van der Waals surface area contributed by atoms with E-state index in [-0.39, 0.29) is 16.7 Å². The van der Waals surface area contributed by atoms with E-state index in [2.05, 4.69) is 0 Å². The van der Waals surface area contributed by atoms with Crippen LogP contribution in [0.4, 0.5) is 0 Å². The summed E-state index contributed by atoms with van der Waals surface area (Å²) in [5, 5.41) is 0. The number of carbonyl (C=O) groups is 3. The predicted molar refractivity (Wildman–Crippen MR) is 117 cm³/mol. The van der Waals surface area contributed by atoms with Crippen molar-refractivity contribution >= 4 is 87.5 Å². The third kappa shape index (κ3) is 10.1. The fourth-order valence-electron chi connectivity index (χ4n) is 1.69. The number of hydrogen-bond acceptors (Lipinski definition) is 6. The minimum absolute atomic E-state index is 0.0717. The molecule has 0 saturated carbocycles. The van der Waals surface area contributed by atoms with E-state index in [0.29, 0.717) is 0 Å². The number of benzene rings is 1. The molecule has 0 spiro atoms. The lowest BCUT2D eigenvalue weighted by Gasteiger charge is -2.09. The molecule has 0 fully saturated rings. The molecular formula is C18H12Cl6O6. The number of rotatable bonds is 9. The Morgan fingerprint density at radius 2 is 1.03 bits per heavy atom. The van der Waals surface area contributed by atoms with Gasteiger partial charge in [-0.1, -0.05) is 0 Å². The van der Waals surface area contributed by atoms with Crippen molar-refractivity contribution in [3.8, 4) is 0 Å². The fourth-order valence-corrected chi connectivity index (χ4v) is 2.05. The summed E-state index contributed by atoms with van der Waals surface area (Å²) >= 11 is 33.0. The normalized spacial score (nSPS) is 11.9. The summed E-state index contributed by atoms with van der Waals surface area (Å²) in [6, 6.07) is 3.49. The van der Waals surface area contributed by atoms with Crippen LogP contribution in [0.1, 0.15) is 31.1 Å². The van der Waals surface area contributed by atoms with E-state index >= 15 is 0 Å². The quantitative estimate of drug-likeness (QED) is 0.164. The van der Waals surface area contributed by atoms with Gasteiger partial charge in [0.25, 0.3) is 0 Å². The molecule has 0 saturated heterocycles. The highest BCUT2D eigenvalue weighted by atomic mass is 35.5. The molecular weight excluding hydrogens is 525 g/mol. The van der Waals surface area contributed by atoms with Crippen LogP contribution >= 0.6 is 69.6 Å². The molecule has 0 amide bonds. The second kappa shape index (κ2) is 13.8. The lowest BCUT2D eigenvalue weighted by molar-refractivity contribution is 0.0615. The summed E-state index contributed by atoms with van der Waals surface area (Å²) in [7, 11) is 0. The molecule has 0 bridgehead atoms. The molecule has 0 aromatic heterocycles. The minimum Gasteiger partial charge on any atom is -0.431 e. The zero-order valence-corrected chi connectivity index (χ0v) is 19.2. The smallest absolute Gasteiger partial charge is 0.343 e. The van der Waals surface area contributed by atoms with Crippen molar-refractivity contribution in [3.63, 3.8) is 0 Å². The average Bonchev–Trinajstić information content (AvgIpc) is 2.66. The second-order valence-corrected chi connectivity index (χ2v) is 8.46. The molecule has 0 N–H and O–H groups in total. The zero-order valence-electron chi connectivity index (χ0n) is 14.6. The molecule has 30 heavy (non-hydrogen) atoms. The lowest BCUT2D eigenvalue weighted by Crippen LogP contribution is -2.13. The van der Waals surface area contributed by atoms with E-state index in [0.717, 1.165) is 24.9 Å². The van der Waals surface area contributed by atoms with E-state index in [4.69, 9.17) is 83.8 Å². The first-order chi connectivity index (χ1) is 14.1. The molecule has 0 atom stereocenters. The Labute approximate surface area is 201 Å². The average molecular weight is 537 g/mol. The van der Waals surface area contributed by atoms with Crippen molar-refractivity contribution in [1.29, 1.82) is 0 Å². The van der Waals surface area contributed by atoms with E-state index in [1.165, 1.54) is 30.4 Å². The van der Waals surface area contributed by atoms with Gasteiger partial charge in [-0.25, -0.2) is 14.4 Å². The maximum absolute atomic E-state index is 12.4. The fraction of sp³-hybridized carbons (Fsp3) is 0.167. The molecule has 162 valence electrons. The van der Waals surface area contributed by atoms with Crippen molar-refractivity contribution in [2.24, 2.45) is 0 Å². The number of halogens is 6. The molecule has 0 heterocycles. The predicted octanol–water partition coefficient (Wildman–Crippen LogP) is 6.11. The van der Waals surface area contributed by atoms with E-state index in [9.17, 15) is 14.4 Å². The summed E-state index contributed by atoms with van der Waals surface area (Å²) in [6.07, 6.45) is 6.42. The Morgan fingerprint density at radius 1 is 0.633 bits per heavy atom. The maximum Gasteiger partial charge on any atom is 0.343 e. The molecule has 0 unspecified atom stereocenters. The Hall–Kier alpha value is -1.41. The highest BCUT2D eigenvalue weighted by Crippen LogP contribution is 2.17. The first-order valence-corrected chi connectivity index (χ1v) is 10.3. The third-order valence-electron chi connectivity index (χ3n) is 2.89. The molecule has 0 radical (unpaired) electrons. The van der Waals surface area contributed by atoms with Gasteiger partial charge in [0.15, 0.2) is 0 Å². The van der Waals surface area contributed by atoms with Gasteiger partial charge >= 0.3 is 17.9 Å². The number of allylic oxidation sites excluding steroid dienone is 3. The van der Waals surface area contributed by atoms with Gasteiger partial charge in [0.1, 0.15) is 14.5 Å². The van der Waals surface area contributed by atoms with Crippen LogP contribution in [-0.4, -0.2) is 32.4 Å². The summed E-state index contributed by atoms with van der Waals surface area (Å²) in [4.78, 5) is 34.1. The van der Waals surface area contributed by atoms with Crippen LogP contribution in [0.25, 0.3) is 0 Å². The maximum atomic E-state index is 12.4. The van der Waals surface area contributed by atoms with Crippen LogP contribution in [0.15, 0.2) is 55.2 Å². The van der Waals surface area contributed by atoms with Gasteiger partial charge in [0, 0.05) is 0 Å². The molecule has 1 rings (SSSR count). The monoisotopic (exact) mass is 534 g/mol. The Morgan fingerprint density at radius 3 is 1.47 bits per heavy atom. The molecule has 1 aromatic rings. The first kappa shape index (κ1) is 26.6. The highest BCUT2D eigenvalue weighted by molar-refractivity contribution is 6.46. The van der Waals surface area contributed by atoms with Crippen LogP contribution < -0.4 is 0 Å². The Balaban J connectivity index is 3.18. The van der Waals surface area contributed by atoms with Crippen LogP contribution in [-0.2, 0) is 14.2 Å². The van der Waals surface area contributed by atoms with E-state index in [1.54, 1.807) is 0 Å². The van der Waals surface area contributed by atoms with Crippen molar-refractivity contribution in [2.45, 2.75) is 14.5 Å². The largest absolute Gasteiger partial charge is 0.431 e. The van der Waals surface area contributed by atoms with Gasteiger partial charge in [-0.15, -0.1) is 69.6 Å². The van der Waals surface area contributed by atoms with Gasteiger partial charge in [-0.05, 0) is 36.4 Å². The van der Waals surface area contributed by atoms with Gasteiger partial charge < -0.3 is 14.2 Å². The first-order valence-electron chi connectivity index (χ1n) is 7.73. The van der Waals surface area contributed by atoms with Crippen molar-refractivity contribution < 1.29 is 28.6 Å². The van der Waals surface area contributed by atoms with Crippen molar-refractivity contribution in [2.75, 3.05) is 0 Å².